The van der Waals surface area contributed by atoms with Gasteiger partial charge in [0.05, 0.1) is 29.4 Å². The number of amides is 1. The average molecular weight is 483 g/mol. The third-order valence-electron chi connectivity index (χ3n) is 5.19. The summed E-state index contributed by atoms with van der Waals surface area (Å²) in [6.45, 7) is -0.282. The lowest BCUT2D eigenvalue weighted by Gasteiger charge is -2.10. The number of furan rings is 1. The fourth-order valence-corrected chi connectivity index (χ4v) is 3.56. The van der Waals surface area contributed by atoms with Crippen LogP contribution in [0.1, 0.15) is 11.3 Å². The number of alkyl halides is 3. The van der Waals surface area contributed by atoms with E-state index in [1.807, 2.05) is 0 Å². The predicted molar refractivity (Wildman–Crippen MR) is 119 cm³/mol. The number of aromatic nitrogens is 2. The Bertz CT molecular complexity index is 1590. The van der Waals surface area contributed by atoms with E-state index >= 15 is 0 Å². The molecular formula is C24H16F3N3O5. The smallest absolute Gasteiger partial charge is 0.416 e. The highest BCUT2D eigenvalue weighted by Crippen LogP contribution is 2.32. The lowest BCUT2D eigenvalue weighted by molar-refractivity contribution is -0.137. The first-order chi connectivity index (χ1) is 16.8. The second-order valence-electron chi connectivity index (χ2n) is 7.59. The molecule has 1 amide bonds. The molecule has 0 atom stereocenters. The number of hydrogen-bond acceptors (Lipinski definition) is 6. The Hall–Kier alpha value is -4.54. The van der Waals surface area contributed by atoms with E-state index in [1.54, 1.807) is 30.3 Å². The molecule has 0 saturated heterocycles. The van der Waals surface area contributed by atoms with Crippen LogP contribution in [0, 0.1) is 0 Å². The summed E-state index contributed by atoms with van der Waals surface area (Å²) in [5.74, 6) is 0.259. The average Bonchev–Trinajstić information content (AvgIpc) is 3.45. The number of rotatable bonds is 6. The van der Waals surface area contributed by atoms with E-state index in [0.717, 1.165) is 12.1 Å². The number of halogens is 3. The highest BCUT2D eigenvalue weighted by atomic mass is 19.4. The number of carbonyl (C=O) groups is 1. The van der Waals surface area contributed by atoms with Crippen molar-refractivity contribution in [2.75, 3.05) is 11.9 Å². The van der Waals surface area contributed by atoms with Crippen LogP contribution in [0.2, 0.25) is 0 Å². The lowest BCUT2D eigenvalue weighted by Crippen LogP contribution is -2.22. The molecule has 8 nitrogen and oxygen atoms in total. The second-order valence-corrected chi connectivity index (χ2v) is 7.59. The molecule has 178 valence electrons. The molecule has 0 aliphatic heterocycles. The third kappa shape index (κ3) is 4.74. The van der Waals surface area contributed by atoms with Crippen molar-refractivity contribution >= 4 is 33.9 Å². The Labute approximate surface area is 194 Å². The number of benzene rings is 2. The summed E-state index contributed by atoms with van der Waals surface area (Å²) in [5, 5.41) is 3.27. The molecule has 5 aromatic rings. The van der Waals surface area contributed by atoms with Gasteiger partial charge in [0.15, 0.2) is 6.61 Å². The van der Waals surface area contributed by atoms with Crippen LogP contribution in [0.3, 0.4) is 0 Å². The van der Waals surface area contributed by atoms with Crippen LogP contribution in [0.15, 0.2) is 80.6 Å². The maximum Gasteiger partial charge on any atom is 0.416 e. The zero-order valence-electron chi connectivity index (χ0n) is 17.8. The summed E-state index contributed by atoms with van der Waals surface area (Å²) < 4.78 is 57.0. The molecule has 3 heterocycles. The van der Waals surface area contributed by atoms with Gasteiger partial charge in [0.1, 0.15) is 17.1 Å². The minimum atomic E-state index is -4.53. The SMILES string of the molecule is O=C(COc1ccc2ccc(=O)oc2c1)Nc1nc2cc(C(F)(F)F)ccc2n1Cc1ccco1. The monoisotopic (exact) mass is 483 g/mol. The minimum absolute atomic E-state index is 0.0360. The predicted octanol–water partition coefficient (Wildman–Crippen LogP) is 4.82. The summed E-state index contributed by atoms with van der Waals surface area (Å²) in [7, 11) is 0. The van der Waals surface area contributed by atoms with Crippen molar-refractivity contribution in [1.29, 1.82) is 0 Å². The molecule has 0 fully saturated rings. The Morgan fingerprint density at radius 1 is 1.09 bits per heavy atom. The van der Waals surface area contributed by atoms with Gasteiger partial charge in [0, 0.05) is 17.5 Å². The van der Waals surface area contributed by atoms with E-state index in [4.69, 9.17) is 13.6 Å². The van der Waals surface area contributed by atoms with Gasteiger partial charge < -0.3 is 18.1 Å². The normalized spacial score (nSPS) is 11.7. The number of carbonyl (C=O) groups excluding carboxylic acids is 1. The summed E-state index contributed by atoms with van der Waals surface area (Å²) in [4.78, 5) is 28.2. The van der Waals surface area contributed by atoms with Crippen molar-refractivity contribution in [1.82, 2.24) is 9.55 Å². The minimum Gasteiger partial charge on any atom is -0.484 e. The molecule has 5 rings (SSSR count). The maximum atomic E-state index is 13.2. The fraction of sp³-hybridized carbons (Fsp3) is 0.125. The number of nitrogens with zero attached hydrogens (tertiary/aromatic N) is 2. The summed E-state index contributed by atoms with van der Waals surface area (Å²) in [6.07, 6.45) is -3.07. The van der Waals surface area contributed by atoms with Crippen molar-refractivity contribution in [3.8, 4) is 5.75 Å². The Morgan fingerprint density at radius 2 is 1.91 bits per heavy atom. The first kappa shape index (κ1) is 22.3. The molecule has 0 saturated carbocycles. The van der Waals surface area contributed by atoms with Gasteiger partial charge in [-0.15, -0.1) is 0 Å². The van der Waals surface area contributed by atoms with E-state index in [0.29, 0.717) is 28.0 Å². The highest BCUT2D eigenvalue weighted by Gasteiger charge is 2.31. The molecule has 0 bridgehead atoms. The van der Waals surface area contributed by atoms with Gasteiger partial charge in [-0.25, -0.2) is 9.78 Å². The Kier molecular flexibility index (Phi) is 5.51. The number of anilines is 1. The number of imidazole rings is 1. The topological polar surface area (TPSA) is 99.5 Å². The van der Waals surface area contributed by atoms with Gasteiger partial charge in [-0.2, -0.15) is 13.2 Å². The van der Waals surface area contributed by atoms with Gasteiger partial charge >= 0.3 is 11.8 Å². The van der Waals surface area contributed by atoms with Crippen molar-refractivity contribution in [2.45, 2.75) is 12.7 Å². The molecule has 0 unspecified atom stereocenters. The van der Waals surface area contributed by atoms with Gasteiger partial charge in [0.2, 0.25) is 5.95 Å². The molecule has 11 heteroatoms. The van der Waals surface area contributed by atoms with Crippen molar-refractivity contribution in [3.05, 3.63) is 88.7 Å². The van der Waals surface area contributed by atoms with Crippen LogP contribution in [0.25, 0.3) is 22.0 Å². The number of nitrogens with one attached hydrogen (secondary N) is 1. The van der Waals surface area contributed by atoms with Crippen molar-refractivity contribution < 1.29 is 31.5 Å². The van der Waals surface area contributed by atoms with E-state index in [1.165, 1.54) is 29.0 Å². The molecule has 1 N–H and O–H groups in total. The number of hydrogen-bond donors (Lipinski definition) is 1. The number of fused-ring (bicyclic) bond motifs is 2. The zero-order valence-corrected chi connectivity index (χ0v) is 17.8. The number of ether oxygens (including phenoxy) is 1. The van der Waals surface area contributed by atoms with Crippen LogP contribution in [-0.2, 0) is 17.5 Å². The molecule has 2 aromatic carbocycles. The van der Waals surface area contributed by atoms with Crippen LogP contribution >= 0.6 is 0 Å². The summed E-state index contributed by atoms with van der Waals surface area (Å²) in [5.41, 5.74) is -0.619. The highest BCUT2D eigenvalue weighted by molar-refractivity contribution is 5.92. The first-order valence-corrected chi connectivity index (χ1v) is 10.3. The van der Waals surface area contributed by atoms with E-state index in [9.17, 15) is 22.8 Å². The van der Waals surface area contributed by atoms with Gasteiger partial charge in [0.25, 0.3) is 5.91 Å². The zero-order chi connectivity index (χ0) is 24.6. The lowest BCUT2D eigenvalue weighted by atomic mass is 10.2. The summed E-state index contributed by atoms with van der Waals surface area (Å²) in [6, 6.07) is 14.2. The largest absolute Gasteiger partial charge is 0.484 e. The van der Waals surface area contributed by atoms with Crippen molar-refractivity contribution in [3.63, 3.8) is 0 Å². The van der Waals surface area contributed by atoms with E-state index < -0.39 is 29.9 Å². The Balaban J connectivity index is 1.38. The van der Waals surface area contributed by atoms with Crippen LogP contribution in [0.5, 0.6) is 5.75 Å². The molecule has 0 spiro atoms. The Morgan fingerprint density at radius 3 is 2.69 bits per heavy atom. The second kappa shape index (κ2) is 8.67. The standard InChI is InChI=1S/C24H16F3N3O5/c25-24(26,27)15-5-7-19-18(10-15)28-23(30(19)12-17-2-1-9-33-17)29-21(31)13-34-16-6-3-14-4-8-22(32)35-20(14)11-16/h1-11H,12-13H2,(H,28,29,31). The molecular weight excluding hydrogens is 467 g/mol. The summed E-state index contributed by atoms with van der Waals surface area (Å²) >= 11 is 0. The van der Waals surface area contributed by atoms with E-state index in [-0.39, 0.29) is 18.0 Å². The maximum absolute atomic E-state index is 13.2. The van der Waals surface area contributed by atoms with Gasteiger partial charge in [-0.1, -0.05) is 0 Å². The van der Waals surface area contributed by atoms with Crippen molar-refractivity contribution in [2.24, 2.45) is 0 Å². The molecule has 0 radical (unpaired) electrons. The molecule has 0 aliphatic carbocycles. The molecule has 35 heavy (non-hydrogen) atoms. The van der Waals surface area contributed by atoms with Crippen LogP contribution in [-0.4, -0.2) is 22.1 Å². The molecule has 0 aliphatic rings. The molecule has 3 aromatic heterocycles. The van der Waals surface area contributed by atoms with Gasteiger partial charge in [-0.05, 0) is 48.5 Å². The third-order valence-corrected chi connectivity index (χ3v) is 5.19. The quantitative estimate of drug-likeness (QED) is 0.348. The van der Waals surface area contributed by atoms with Gasteiger partial charge in [-0.3, -0.25) is 10.1 Å². The first-order valence-electron chi connectivity index (χ1n) is 10.3. The fourth-order valence-electron chi connectivity index (χ4n) is 3.56. The van der Waals surface area contributed by atoms with E-state index in [2.05, 4.69) is 10.3 Å². The van der Waals surface area contributed by atoms with Crippen LogP contribution < -0.4 is 15.7 Å². The van der Waals surface area contributed by atoms with Crippen LogP contribution in [0.4, 0.5) is 19.1 Å².